The molecule has 0 fully saturated rings. The lowest BCUT2D eigenvalue weighted by Crippen LogP contribution is -2.22. The van der Waals surface area contributed by atoms with Gasteiger partial charge in [0, 0.05) is 0 Å². The molecule has 0 radical (unpaired) electrons. The van der Waals surface area contributed by atoms with E-state index in [0.29, 0.717) is 5.66 Å². The zero-order valence-corrected chi connectivity index (χ0v) is 16.8. The summed E-state index contributed by atoms with van der Waals surface area (Å²) in [6.45, 7) is 11.8. The standard InChI is InChI=1S/C24H28P/c1-18-16-19(2)23(20(3)17-18)25(4,5)24(21-12-8-6-9-13-21)22-14-10-7-11-15-22/h6-17,24H,1-5H3/q+1. The first-order chi connectivity index (χ1) is 11.9. The van der Waals surface area contributed by atoms with E-state index in [1.54, 1.807) is 5.30 Å². The molecule has 0 aliphatic rings. The third kappa shape index (κ3) is 3.55. The Balaban J connectivity index is 2.23. The number of aryl methyl sites for hydroxylation is 3. The molecule has 0 bridgehead atoms. The average molecular weight is 347 g/mol. The highest BCUT2D eigenvalue weighted by Gasteiger charge is 2.43. The molecule has 0 saturated heterocycles. The Kier molecular flexibility index (Phi) is 5.11. The molecule has 0 saturated carbocycles. The summed E-state index contributed by atoms with van der Waals surface area (Å²) in [5.74, 6) is 0. The van der Waals surface area contributed by atoms with Gasteiger partial charge in [-0.2, -0.15) is 0 Å². The van der Waals surface area contributed by atoms with Gasteiger partial charge in [0.15, 0.2) is 0 Å². The van der Waals surface area contributed by atoms with Crippen molar-refractivity contribution >= 4 is 12.6 Å². The Morgan fingerprint density at radius 2 is 1.04 bits per heavy atom. The molecule has 0 nitrogen and oxygen atoms in total. The van der Waals surface area contributed by atoms with E-state index >= 15 is 0 Å². The summed E-state index contributed by atoms with van der Waals surface area (Å²) in [7, 11) is -1.44. The molecule has 0 aromatic heterocycles. The molecule has 0 aliphatic heterocycles. The highest BCUT2D eigenvalue weighted by Crippen LogP contribution is 2.66. The summed E-state index contributed by atoms with van der Waals surface area (Å²) >= 11 is 0. The molecular formula is C24H28P+. The quantitative estimate of drug-likeness (QED) is 0.486. The summed E-state index contributed by atoms with van der Waals surface area (Å²) in [5.41, 5.74) is 7.50. The van der Waals surface area contributed by atoms with Gasteiger partial charge in [-0.15, -0.1) is 0 Å². The van der Waals surface area contributed by atoms with Crippen LogP contribution in [0.25, 0.3) is 0 Å². The van der Waals surface area contributed by atoms with Gasteiger partial charge in [0.05, 0.1) is 20.6 Å². The van der Waals surface area contributed by atoms with E-state index in [0.717, 1.165) is 0 Å². The molecule has 1 heteroatoms. The van der Waals surface area contributed by atoms with Crippen LogP contribution in [-0.4, -0.2) is 13.3 Å². The van der Waals surface area contributed by atoms with Crippen molar-refractivity contribution < 1.29 is 0 Å². The van der Waals surface area contributed by atoms with E-state index < -0.39 is 7.26 Å². The van der Waals surface area contributed by atoms with Crippen molar-refractivity contribution in [3.8, 4) is 0 Å². The summed E-state index contributed by atoms with van der Waals surface area (Å²) in [6, 6.07) is 26.7. The Morgan fingerprint density at radius 1 is 0.640 bits per heavy atom. The van der Waals surface area contributed by atoms with E-state index in [2.05, 4.69) is 107 Å². The van der Waals surface area contributed by atoms with E-state index in [1.807, 2.05) is 0 Å². The first kappa shape index (κ1) is 17.9. The lowest BCUT2D eigenvalue weighted by atomic mass is 10.0. The van der Waals surface area contributed by atoms with Crippen molar-refractivity contribution in [3.05, 3.63) is 101 Å². The van der Waals surface area contributed by atoms with Crippen LogP contribution in [0.1, 0.15) is 33.5 Å². The molecule has 3 aromatic carbocycles. The average Bonchev–Trinajstić information content (AvgIpc) is 2.55. The van der Waals surface area contributed by atoms with Gasteiger partial charge >= 0.3 is 0 Å². The number of hydrogen-bond donors (Lipinski definition) is 0. The normalized spacial score (nSPS) is 11.8. The maximum absolute atomic E-state index is 2.50. The first-order valence-electron chi connectivity index (χ1n) is 8.93. The van der Waals surface area contributed by atoms with Crippen LogP contribution in [-0.2, 0) is 0 Å². The predicted molar refractivity (Wildman–Crippen MR) is 114 cm³/mol. The minimum atomic E-state index is -1.44. The summed E-state index contributed by atoms with van der Waals surface area (Å²) in [4.78, 5) is 0. The summed E-state index contributed by atoms with van der Waals surface area (Å²) in [5, 5.41) is 1.58. The van der Waals surface area contributed by atoms with Crippen LogP contribution in [0.3, 0.4) is 0 Å². The highest BCUT2D eigenvalue weighted by molar-refractivity contribution is 7.82. The van der Waals surface area contributed by atoms with E-state index in [-0.39, 0.29) is 0 Å². The topological polar surface area (TPSA) is 0 Å². The number of hydrogen-bond acceptors (Lipinski definition) is 0. The Bertz CT molecular complexity index is 785. The maximum Gasteiger partial charge on any atom is 0.124 e. The minimum Gasteiger partial charge on any atom is -0.0622 e. The van der Waals surface area contributed by atoms with Gasteiger partial charge in [0.2, 0.25) is 0 Å². The van der Waals surface area contributed by atoms with Crippen molar-refractivity contribution in [2.24, 2.45) is 0 Å². The molecule has 0 amide bonds. The summed E-state index contributed by atoms with van der Waals surface area (Å²) in [6.07, 6.45) is 0. The van der Waals surface area contributed by atoms with Crippen molar-refractivity contribution in [2.45, 2.75) is 26.4 Å². The molecule has 3 aromatic rings. The van der Waals surface area contributed by atoms with Crippen molar-refractivity contribution in [1.29, 1.82) is 0 Å². The maximum atomic E-state index is 2.50. The van der Waals surface area contributed by atoms with Crippen LogP contribution in [0.5, 0.6) is 0 Å². The van der Waals surface area contributed by atoms with Crippen molar-refractivity contribution in [2.75, 3.05) is 13.3 Å². The van der Waals surface area contributed by atoms with Crippen LogP contribution in [0.15, 0.2) is 72.8 Å². The molecule has 3 rings (SSSR count). The van der Waals surface area contributed by atoms with E-state index in [1.165, 1.54) is 27.8 Å². The Hall–Kier alpha value is -1.91. The molecule has 0 aliphatic carbocycles. The van der Waals surface area contributed by atoms with Crippen LogP contribution in [0.2, 0.25) is 0 Å². The second-order valence-corrected chi connectivity index (χ2v) is 11.6. The lowest BCUT2D eigenvalue weighted by molar-refractivity contribution is 1.12. The van der Waals surface area contributed by atoms with Crippen LogP contribution < -0.4 is 5.30 Å². The van der Waals surface area contributed by atoms with Crippen LogP contribution in [0, 0.1) is 20.8 Å². The van der Waals surface area contributed by atoms with Crippen molar-refractivity contribution in [1.82, 2.24) is 0 Å². The summed E-state index contributed by atoms with van der Waals surface area (Å²) < 4.78 is 0. The molecule has 128 valence electrons. The molecule has 0 N–H and O–H groups in total. The zero-order valence-electron chi connectivity index (χ0n) is 16.0. The monoisotopic (exact) mass is 347 g/mol. The smallest absolute Gasteiger partial charge is 0.0622 e. The molecular weight excluding hydrogens is 319 g/mol. The van der Waals surface area contributed by atoms with Crippen molar-refractivity contribution in [3.63, 3.8) is 0 Å². The molecule has 0 atom stereocenters. The van der Waals surface area contributed by atoms with Gasteiger partial charge in [0.1, 0.15) is 11.0 Å². The zero-order chi connectivity index (χ0) is 18.0. The van der Waals surface area contributed by atoms with Crippen LogP contribution in [0.4, 0.5) is 0 Å². The SMILES string of the molecule is Cc1cc(C)c([P+](C)(C)C(c2ccccc2)c2ccccc2)c(C)c1. The van der Waals surface area contributed by atoms with Gasteiger partial charge < -0.3 is 0 Å². The van der Waals surface area contributed by atoms with Gasteiger partial charge in [-0.25, -0.2) is 0 Å². The number of rotatable bonds is 4. The van der Waals surface area contributed by atoms with Gasteiger partial charge in [-0.05, 0) is 43.0 Å². The first-order valence-corrected chi connectivity index (χ1v) is 11.7. The number of benzene rings is 3. The van der Waals surface area contributed by atoms with Crippen LogP contribution >= 0.6 is 7.26 Å². The fourth-order valence-electron chi connectivity index (χ4n) is 4.42. The Labute approximate surface area is 153 Å². The van der Waals surface area contributed by atoms with E-state index in [4.69, 9.17) is 0 Å². The highest BCUT2D eigenvalue weighted by atomic mass is 31.2. The largest absolute Gasteiger partial charge is 0.124 e. The van der Waals surface area contributed by atoms with Gasteiger partial charge in [-0.3, -0.25) is 0 Å². The lowest BCUT2D eigenvalue weighted by Gasteiger charge is -2.31. The second-order valence-electron chi connectivity index (χ2n) is 7.51. The second kappa shape index (κ2) is 7.14. The third-order valence-electron chi connectivity index (χ3n) is 5.09. The Morgan fingerprint density at radius 3 is 1.44 bits per heavy atom. The molecule has 0 unspecified atom stereocenters. The molecule has 0 heterocycles. The fraction of sp³-hybridized carbons (Fsp3) is 0.250. The van der Waals surface area contributed by atoms with Gasteiger partial charge in [0.25, 0.3) is 0 Å². The fourth-order valence-corrected chi connectivity index (χ4v) is 8.46. The predicted octanol–water partition coefficient (Wildman–Crippen LogP) is 6.30. The third-order valence-corrected chi connectivity index (χ3v) is 8.83. The molecule has 0 spiro atoms. The van der Waals surface area contributed by atoms with Gasteiger partial charge in [-0.1, -0.05) is 78.4 Å². The minimum absolute atomic E-state index is 0.426. The molecule has 25 heavy (non-hydrogen) atoms. The van der Waals surface area contributed by atoms with E-state index in [9.17, 15) is 0 Å².